The van der Waals surface area contributed by atoms with Crippen LogP contribution in [0, 0.1) is 0 Å². The van der Waals surface area contributed by atoms with Crippen LogP contribution in [-0.4, -0.2) is 29.3 Å². The van der Waals surface area contributed by atoms with Gasteiger partial charge in [-0.3, -0.25) is 0 Å². The first-order valence-electron chi connectivity index (χ1n) is 4.98. The van der Waals surface area contributed by atoms with Crippen LogP contribution in [0.1, 0.15) is 18.4 Å². The summed E-state index contributed by atoms with van der Waals surface area (Å²) in [5, 5.41) is 9.50. The highest BCUT2D eigenvalue weighted by atomic mass is 35.5. The Bertz CT molecular complexity index is 400. The van der Waals surface area contributed by atoms with Crippen molar-refractivity contribution >= 4 is 17.6 Å². The molecule has 1 heterocycles. The number of aliphatic carboxylic acids is 1. The van der Waals surface area contributed by atoms with Crippen LogP contribution in [0.5, 0.6) is 0 Å². The van der Waals surface area contributed by atoms with Gasteiger partial charge in [-0.25, -0.2) is 9.78 Å². The van der Waals surface area contributed by atoms with E-state index in [1.807, 2.05) is 6.07 Å². The molecule has 1 aromatic rings. The van der Waals surface area contributed by atoms with E-state index in [2.05, 4.69) is 4.98 Å². The lowest BCUT2D eigenvalue weighted by Crippen LogP contribution is -2.35. The van der Waals surface area contributed by atoms with Crippen molar-refractivity contribution in [3.05, 3.63) is 29.0 Å². The van der Waals surface area contributed by atoms with Gasteiger partial charge in [-0.2, -0.15) is 0 Å². The topological polar surface area (TPSA) is 59.4 Å². The summed E-state index contributed by atoms with van der Waals surface area (Å²) in [5.41, 5.74) is 0.462. The van der Waals surface area contributed by atoms with Gasteiger partial charge in [0.15, 0.2) is 6.10 Å². The fourth-order valence-corrected chi connectivity index (χ4v) is 2.18. The quantitative estimate of drug-likeness (QED) is 0.818. The Balaban J connectivity index is 2.31. The Morgan fingerprint density at radius 1 is 1.62 bits per heavy atom. The molecule has 1 atom stereocenters. The number of halogens is 1. The van der Waals surface area contributed by atoms with E-state index in [1.54, 1.807) is 12.3 Å². The fraction of sp³-hybridized carbons (Fsp3) is 0.455. The molecule has 1 aliphatic carbocycles. The lowest BCUT2D eigenvalue weighted by atomic mass is 9.91. The van der Waals surface area contributed by atoms with Crippen LogP contribution in [0.4, 0.5) is 0 Å². The third kappa shape index (κ3) is 1.79. The average molecular weight is 242 g/mol. The van der Waals surface area contributed by atoms with Gasteiger partial charge in [0.2, 0.25) is 0 Å². The third-order valence-electron chi connectivity index (χ3n) is 3.05. The molecule has 1 aliphatic rings. The zero-order valence-corrected chi connectivity index (χ0v) is 9.57. The minimum Gasteiger partial charge on any atom is -0.479 e. The number of aromatic nitrogens is 1. The number of carboxylic acids is 1. The van der Waals surface area contributed by atoms with Crippen molar-refractivity contribution in [1.82, 2.24) is 4.98 Å². The maximum Gasteiger partial charge on any atom is 0.333 e. The van der Waals surface area contributed by atoms with Crippen molar-refractivity contribution in [1.29, 1.82) is 0 Å². The van der Waals surface area contributed by atoms with E-state index in [0.717, 1.165) is 18.4 Å². The number of rotatable bonds is 4. The summed E-state index contributed by atoms with van der Waals surface area (Å²) in [6.07, 6.45) is 2.43. The van der Waals surface area contributed by atoms with Gasteiger partial charge in [0.25, 0.3) is 0 Å². The zero-order valence-electron chi connectivity index (χ0n) is 8.81. The molecule has 0 amide bonds. The molecule has 16 heavy (non-hydrogen) atoms. The largest absolute Gasteiger partial charge is 0.479 e. The number of hydrogen-bond donors (Lipinski definition) is 1. The normalized spacial score (nSPS) is 19.1. The van der Waals surface area contributed by atoms with Crippen molar-refractivity contribution in [3.8, 4) is 0 Å². The smallest absolute Gasteiger partial charge is 0.333 e. The van der Waals surface area contributed by atoms with Crippen LogP contribution >= 0.6 is 11.6 Å². The van der Waals surface area contributed by atoms with Crippen molar-refractivity contribution in [2.45, 2.75) is 24.4 Å². The van der Waals surface area contributed by atoms with Crippen LogP contribution in [0.25, 0.3) is 0 Å². The van der Waals surface area contributed by atoms with Crippen LogP contribution in [0.2, 0.25) is 5.15 Å². The van der Waals surface area contributed by atoms with E-state index in [0.29, 0.717) is 5.15 Å². The molecule has 0 saturated heterocycles. The number of nitrogens with zero attached hydrogens (tertiary/aromatic N) is 1. The summed E-state index contributed by atoms with van der Waals surface area (Å²) in [5.74, 6) is -0.935. The molecule has 86 valence electrons. The van der Waals surface area contributed by atoms with Crippen molar-refractivity contribution in [2.24, 2.45) is 0 Å². The summed E-state index contributed by atoms with van der Waals surface area (Å²) in [6, 6.07) is 3.49. The van der Waals surface area contributed by atoms with Crippen LogP contribution in [0.15, 0.2) is 18.3 Å². The Morgan fingerprint density at radius 3 is 2.69 bits per heavy atom. The maximum atomic E-state index is 11.1. The summed E-state index contributed by atoms with van der Waals surface area (Å²) >= 11 is 5.70. The van der Waals surface area contributed by atoms with Gasteiger partial charge in [-0.15, -0.1) is 0 Å². The zero-order chi connectivity index (χ0) is 11.8. The van der Waals surface area contributed by atoms with Crippen molar-refractivity contribution in [3.63, 3.8) is 0 Å². The molecule has 0 radical (unpaired) electrons. The Morgan fingerprint density at radius 2 is 2.31 bits per heavy atom. The summed E-state index contributed by atoms with van der Waals surface area (Å²) in [7, 11) is 1.42. The molecule has 0 spiro atoms. The third-order valence-corrected chi connectivity index (χ3v) is 3.28. The van der Waals surface area contributed by atoms with Crippen molar-refractivity contribution < 1.29 is 14.6 Å². The molecule has 1 fully saturated rings. The van der Waals surface area contributed by atoms with Gasteiger partial charge in [0.05, 0.1) is 0 Å². The Hall–Kier alpha value is -1.13. The monoisotopic (exact) mass is 241 g/mol. The molecule has 0 aliphatic heterocycles. The molecule has 0 aromatic carbocycles. The second-order valence-corrected chi connectivity index (χ2v) is 4.37. The second-order valence-electron chi connectivity index (χ2n) is 3.98. The lowest BCUT2D eigenvalue weighted by molar-refractivity contribution is -0.150. The number of hydrogen-bond acceptors (Lipinski definition) is 3. The number of carboxylic acid groups (broad SMARTS) is 1. The van der Waals surface area contributed by atoms with E-state index >= 15 is 0 Å². The average Bonchev–Trinajstić information content (AvgIpc) is 3.01. The van der Waals surface area contributed by atoms with Gasteiger partial charge in [-0.1, -0.05) is 17.7 Å². The summed E-state index contributed by atoms with van der Waals surface area (Å²) in [4.78, 5) is 15.1. The Kier molecular flexibility index (Phi) is 2.86. The first-order chi connectivity index (χ1) is 7.60. The van der Waals surface area contributed by atoms with Gasteiger partial charge in [-0.05, 0) is 24.5 Å². The number of methoxy groups -OCH3 is 1. The first kappa shape index (κ1) is 11.4. The molecular weight excluding hydrogens is 230 g/mol. The van der Waals surface area contributed by atoms with Gasteiger partial charge >= 0.3 is 5.97 Å². The number of pyridine rings is 1. The highest BCUT2D eigenvalue weighted by Gasteiger charge is 2.54. The lowest BCUT2D eigenvalue weighted by Gasteiger charge is -2.22. The van der Waals surface area contributed by atoms with Crippen molar-refractivity contribution in [2.75, 3.05) is 7.11 Å². The molecular formula is C11H12ClNO3. The fourth-order valence-electron chi connectivity index (χ4n) is 2.07. The Labute approximate surface area is 98.2 Å². The maximum absolute atomic E-state index is 11.1. The van der Waals surface area contributed by atoms with Crippen LogP contribution in [-0.2, 0) is 14.9 Å². The SMILES string of the molecule is COC(C(=O)O)C1(c2ccc(Cl)nc2)CC1. The summed E-state index contributed by atoms with van der Waals surface area (Å²) < 4.78 is 5.06. The van der Waals surface area contributed by atoms with Gasteiger partial charge in [0.1, 0.15) is 5.15 Å². The molecule has 1 unspecified atom stereocenters. The van der Waals surface area contributed by atoms with E-state index in [-0.39, 0.29) is 0 Å². The van der Waals surface area contributed by atoms with E-state index < -0.39 is 17.5 Å². The minimum absolute atomic E-state index is 0.406. The number of ether oxygens (including phenoxy) is 1. The van der Waals surface area contributed by atoms with Gasteiger partial charge in [0, 0.05) is 18.7 Å². The number of carbonyl (C=O) groups is 1. The van der Waals surface area contributed by atoms with E-state index in [1.165, 1.54) is 7.11 Å². The van der Waals surface area contributed by atoms with Gasteiger partial charge < -0.3 is 9.84 Å². The van der Waals surface area contributed by atoms with Crippen LogP contribution in [0.3, 0.4) is 0 Å². The van der Waals surface area contributed by atoms with E-state index in [4.69, 9.17) is 21.4 Å². The molecule has 1 saturated carbocycles. The molecule has 1 aromatic heterocycles. The molecule has 1 N–H and O–H groups in total. The predicted octanol–water partition coefficient (Wildman–Crippen LogP) is 1.87. The molecule has 4 nitrogen and oxygen atoms in total. The highest BCUT2D eigenvalue weighted by molar-refractivity contribution is 6.29. The van der Waals surface area contributed by atoms with E-state index in [9.17, 15) is 4.79 Å². The predicted molar refractivity (Wildman–Crippen MR) is 58.6 cm³/mol. The molecule has 5 heteroatoms. The first-order valence-corrected chi connectivity index (χ1v) is 5.35. The second kappa shape index (κ2) is 4.03. The molecule has 0 bridgehead atoms. The minimum atomic E-state index is -0.935. The molecule has 2 rings (SSSR count). The standard InChI is InChI=1S/C11H12ClNO3/c1-16-9(10(14)15)11(4-5-11)7-2-3-8(12)13-6-7/h2-3,6,9H,4-5H2,1H3,(H,14,15). The summed E-state index contributed by atoms with van der Waals surface area (Å²) in [6.45, 7) is 0. The van der Waals surface area contributed by atoms with Crippen LogP contribution < -0.4 is 0 Å². The highest BCUT2D eigenvalue weighted by Crippen LogP contribution is 2.51.